The molecule has 1 heterocycles. The molecule has 1 unspecified atom stereocenters. The molecular formula is C11H8F2O3. The molecule has 1 aliphatic heterocycles. The Kier molecular flexibility index (Phi) is 1.75. The van der Waals surface area contributed by atoms with E-state index in [0.717, 1.165) is 12.1 Å². The van der Waals surface area contributed by atoms with Crippen LogP contribution in [0.15, 0.2) is 12.1 Å². The van der Waals surface area contributed by atoms with Gasteiger partial charge in [-0.2, -0.15) is 0 Å². The van der Waals surface area contributed by atoms with Crippen LogP contribution in [0.25, 0.3) is 0 Å². The third kappa shape index (κ3) is 1.14. The van der Waals surface area contributed by atoms with Crippen molar-refractivity contribution in [3.63, 3.8) is 0 Å². The fourth-order valence-electron chi connectivity index (χ4n) is 2.50. The maximum Gasteiger partial charge on any atom is 0.307 e. The molecule has 0 bridgehead atoms. The third-order valence-electron chi connectivity index (χ3n) is 3.27. The van der Waals surface area contributed by atoms with Gasteiger partial charge in [0.15, 0.2) is 0 Å². The maximum atomic E-state index is 13.5. The molecule has 84 valence electrons. The van der Waals surface area contributed by atoms with E-state index >= 15 is 0 Å². The first-order valence-corrected chi connectivity index (χ1v) is 4.94. The predicted octanol–water partition coefficient (Wildman–Crippen LogP) is 1.77. The second-order valence-electron chi connectivity index (χ2n) is 4.16. The van der Waals surface area contributed by atoms with E-state index in [9.17, 15) is 13.6 Å². The Hall–Kier alpha value is -1.65. The smallest absolute Gasteiger partial charge is 0.307 e. The number of fused-ring (bicyclic) bond motifs is 3. The molecule has 16 heavy (non-hydrogen) atoms. The molecule has 0 amide bonds. The average molecular weight is 226 g/mol. The van der Waals surface area contributed by atoms with Crippen molar-refractivity contribution in [1.29, 1.82) is 0 Å². The first kappa shape index (κ1) is 9.57. The van der Waals surface area contributed by atoms with Crippen LogP contribution in [0.5, 0.6) is 5.75 Å². The van der Waals surface area contributed by atoms with Crippen LogP contribution in [-0.4, -0.2) is 17.7 Å². The van der Waals surface area contributed by atoms with Crippen molar-refractivity contribution >= 4 is 5.97 Å². The van der Waals surface area contributed by atoms with Gasteiger partial charge >= 0.3 is 5.97 Å². The van der Waals surface area contributed by atoms with Crippen LogP contribution in [0.1, 0.15) is 11.5 Å². The van der Waals surface area contributed by atoms with Gasteiger partial charge < -0.3 is 9.84 Å². The molecule has 0 spiro atoms. The van der Waals surface area contributed by atoms with Crippen LogP contribution in [-0.2, 0) is 4.79 Å². The molecule has 2 aliphatic rings. The summed E-state index contributed by atoms with van der Waals surface area (Å²) in [5.74, 6) is -3.36. The Morgan fingerprint density at radius 1 is 1.44 bits per heavy atom. The lowest BCUT2D eigenvalue weighted by atomic mass is 10.0. The summed E-state index contributed by atoms with van der Waals surface area (Å²) in [6.07, 6.45) is 0. The van der Waals surface area contributed by atoms with E-state index in [-0.39, 0.29) is 29.8 Å². The molecule has 1 aromatic rings. The number of carbonyl (C=O) groups is 1. The Morgan fingerprint density at radius 3 is 2.88 bits per heavy atom. The molecule has 3 rings (SSSR count). The van der Waals surface area contributed by atoms with Gasteiger partial charge in [-0.15, -0.1) is 0 Å². The minimum absolute atomic E-state index is 0.141. The highest BCUT2D eigenvalue weighted by atomic mass is 19.1. The first-order valence-electron chi connectivity index (χ1n) is 4.94. The van der Waals surface area contributed by atoms with Crippen LogP contribution in [0, 0.1) is 23.5 Å². The summed E-state index contributed by atoms with van der Waals surface area (Å²) in [4.78, 5) is 10.9. The zero-order valence-corrected chi connectivity index (χ0v) is 8.11. The molecule has 5 heteroatoms. The van der Waals surface area contributed by atoms with E-state index in [2.05, 4.69) is 0 Å². The van der Waals surface area contributed by atoms with Crippen LogP contribution in [0.3, 0.4) is 0 Å². The molecule has 0 aromatic heterocycles. The van der Waals surface area contributed by atoms with Gasteiger partial charge in [0.05, 0.1) is 12.5 Å². The second kappa shape index (κ2) is 2.93. The lowest BCUT2D eigenvalue weighted by Gasteiger charge is -2.16. The van der Waals surface area contributed by atoms with Gasteiger partial charge in [-0.25, -0.2) is 8.78 Å². The molecular weight excluding hydrogens is 218 g/mol. The fraction of sp³-hybridized carbons (Fsp3) is 0.364. The largest absolute Gasteiger partial charge is 0.493 e. The lowest BCUT2D eigenvalue weighted by molar-refractivity contribution is -0.139. The molecule has 1 aliphatic carbocycles. The van der Waals surface area contributed by atoms with Crippen molar-refractivity contribution in [2.75, 3.05) is 6.61 Å². The Balaban J connectivity index is 2.07. The number of hydrogen-bond donors (Lipinski definition) is 1. The zero-order chi connectivity index (χ0) is 11.4. The number of carboxylic acids is 1. The normalized spacial score (nSPS) is 30.0. The van der Waals surface area contributed by atoms with Crippen LogP contribution in [0.2, 0.25) is 0 Å². The third-order valence-corrected chi connectivity index (χ3v) is 3.27. The summed E-state index contributed by atoms with van der Waals surface area (Å²) >= 11 is 0. The lowest BCUT2D eigenvalue weighted by Crippen LogP contribution is -2.10. The van der Waals surface area contributed by atoms with Crippen molar-refractivity contribution < 1.29 is 23.4 Å². The van der Waals surface area contributed by atoms with Crippen molar-refractivity contribution in [3.05, 3.63) is 29.3 Å². The minimum Gasteiger partial charge on any atom is -0.493 e. The van der Waals surface area contributed by atoms with E-state index in [0.29, 0.717) is 0 Å². The molecule has 1 saturated carbocycles. The molecule has 0 saturated heterocycles. The molecule has 1 aromatic carbocycles. The number of ether oxygens (including phenoxy) is 1. The fourth-order valence-corrected chi connectivity index (χ4v) is 2.50. The predicted molar refractivity (Wildman–Crippen MR) is 49.2 cm³/mol. The summed E-state index contributed by atoms with van der Waals surface area (Å²) in [7, 11) is 0. The van der Waals surface area contributed by atoms with E-state index in [1.807, 2.05) is 0 Å². The van der Waals surface area contributed by atoms with Crippen molar-refractivity contribution in [1.82, 2.24) is 0 Å². The minimum atomic E-state index is -0.949. The van der Waals surface area contributed by atoms with Gasteiger partial charge in [0.2, 0.25) is 0 Å². The standard InChI is InChI=1S/C11H8F2O3/c12-4-1-6(13)10-7(2-4)16-3-5-8(10)9(5)11(14)15/h1-2,5,8-9H,3H2,(H,14,15)/t5-,8+,9?/m1/s1. The highest BCUT2D eigenvalue weighted by Gasteiger charge is 2.60. The van der Waals surface area contributed by atoms with Crippen molar-refractivity contribution in [2.45, 2.75) is 5.92 Å². The molecule has 3 nitrogen and oxygen atoms in total. The number of carboxylic acid groups (broad SMARTS) is 1. The maximum absolute atomic E-state index is 13.5. The molecule has 1 fully saturated rings. The second-order valence-corrected chi connectivity index (χ2v) is 4.16. The van der Waals surface area contributed by atoms with Crippen LogP contribution in [0.4, 0.5) is 8.78 Å². The first-order chi connectivity index (χ1) is 7.59. The Bertz CT molecular complexity index is 486. The number of rotatable bonds is 1. The number of hydrogen-bond acceptors (Lipinski definition) is 2. The van der Waals surface area contributed by atoms with E-state index in [1.54, 1.807) is 0 Å². The van der Waals surface area contributed by atoms with E-state index < -0.39 is 23.5 Å². The molecule has 1 N–H and O–H groups in total. The highest BCUT2D eigenvalue weighted by Crippen LogP contribution is 2.59. The highest BCUT2D eigenvalue weighted by molar-refractivity contribution is 5.77. The van der Waals surface area contributed by atoms with Gasteiger partial charge in [0, 0.05) is 29.5 Å². The van der Waals surface area contributed by atoms with Gasteiger partial charge in [0.25, 0.3) is 0 Å². The summed E-state index contributed by atoms with van der Waals surface area (Å²) in [5.41, 5.74) is 0.213. The topological polar surface area (TPSA) is 46.5 Å². The van der Waals surface area contributed by atoms with E-state index in [4.69, 9.17) is 9.84 Å². The van der Waals surface area contributed by atoms with Gasteiger partial charge in [-0.05, 0) is 0 Å². The number of halogens is 2. The molecule has 0 radical (unpaired) electrons. The summed E-state index contributed by atoms with van der Waals surface area (Å²) in [6, 6.07) is 1.87. The van der Waals surface area contributed by atoms with Crippen LogP contribution >= 0.6 is 0 Å². The Morgan fingerprint density at radius 2 is 2.19 bits per heavy atom. The Labute approximate surface area is 89.6 Å². The van der Waals surface area contributed by atoms with E-state index in [1.165, 1.54) is 0 Å². The van der Waals surface area contributed by atoms with Gasteiger partial charge in [-0.1, -0.05) is 0 Å². The average Bonchev–Trinajstić information content (AvgIpc) is 2.90. The van der Waals surface area contributed by atoms with Gasteiger partial charge in [0.1, 0.15) is 17.4 Å². The monoisotopic (exact) mass is 226 g/mol. The quantitative estimate of drug-likeness (QED) is 0.793. The van der Waals surface area contributed by atoms with Crippen molar-refractivity contribution in [2.24, 2.45) is 11.8 Å². The zero-order valence-electron chi connectivity index (χ0n) is 8.11. The SMILES string of the molecule is O=C(O)C1[C@H]2c3c(F)cc(F)cc3OC[C@@H]12. The van der Waals surface area contributed by atoms with Crippen molar-refractivity contribution in [3.8, 4) is 5.75 Å². The summed E-state index contributed by atoms with van der Waals surface area (Å²) in [6.45, 7) is 0.220. The number of aliphatic carboxylic acids is 1. The van der Waals surface area contributed by atoms with Gasteiger partial charge in [-0.3, -0.25) is 4.79 Å². The van der Waals surface area contributed by atoms with Crippen LogP contribution < -0.4 is 4.74 Å². The molecule has 3 atom stereocenters. The summed E-state index contributed by atoms with van der Waals surface area (Å²) < 4.78 is 31.6. The number of benzene rings is 1. The summed E-state index contributed by atoms with van der Waals surface area (Å²) in [5, 5.41) is 8.90.